The van der Waals surface area contributed by atoms with Crippen LogP contribution in [0.3, 0.4) is 0 Å². The Morgan fingerprint density at radius 2 is 1.72 bits per heavy atom. The summed E-state index contributed by atoms with van der Waals surface area (Å²) >= 11 is 0. The predicted octanol–water partition coefficient (Wildman–Crippen LogP) is 4.75. The van der Waals surface area contributed by atoms with Gasteiger partial charge in [0.2, 0.25) is 11.8 Å². The second-order valence-electron chi connectivity index (χ2n) is 8.52. The molecule has 0 atom stereocenters. The highest BCUT2D eigenvalue weighted by molar-refractivity contribution is 5.78. The van der Waals surface area contributed by atoms with Crippen LogP contribution >= 0.6 is 0 Å². The average Bonchev–Trinajstić information content (AvgIpc) is 3.24. The number of anilines is 1. The van der Waals surface area contributed by atoms with Crippen molar-refractivity contribution in [2.24, 2.45) is 5.92 Å². The summed E-state index contributed by atoms with van der Waals surface area (Å²) in [6, 6.07) is 20.1. The Morgan fingerprint density at radius 3 is 2.38 bits per heavy atom. The number of hydrogen-bond donors (Lipinski definition) is 0. The van der Waals surface area contributed by atoms with E-state index in [1.807, 2.05) is 65.6 Å². The van der Waals surface area contributed by atoms with Crippen LogP contribution in [0.25, 0.3) is 11.3 Å². The highest BCUT2D eigenvalue weighted by Crippen LogP contribution is 2.34. The van der Waals surface area contributed by atoms with Gasteiger partial charge >= 0.3 is 0 Å². The first-order chi connectivity index (χ1) is 15.7. The molecule has 0 saturated carbocycles. The molecule has 1 aliphatic heterocycles. The molecule has 0 aliphatic carbocycles. The summed E-state index contributed by atoms with van der Waals surface area (Å²) in [5.74, 6) is 1.43. The number of ether oxygens (including phenoxy) is 1. The Kier molecular flexibility index (Phi) is 7.22. The molecule has 168 valence electrons. The van der Waals surface area contributed by atoms with Gasteiger partial charge in [0.25, 0.3) is 0 Å². The van der Waals surface area contributed by atoms with Crippen LogP contribution in [-0.4, -0.2) is 42.8 Å². The molecule has 6 heteroatoms. The van der Waals surface area contributed by atoms with Gasteiger partial charge in [-0.25, -0.2) is 0 Å². The molecule has 32 heavy (non-hydrogen) atoms. The molecule has 1 aliphatic rings. The van der Waals surface area contributed by atoms with Gasteiger partial charge in [-0.1, -0.05) is 72.7 Å². The minimum atomic E-state index is -0.0604. The number of carbonyl (C=O) groups excluding carboxylic acids is 1. The van der Waals surface area contributed by atoms with Gasteiger partial charge in [0, 0.05) is 32.3 Å². The Morgan fingerprint density at radius 1 is 1.06 bits per heavy atom. The molecule has 1 fully saturated rings. The summed E-state index contributed by atoms with van der Waals surface area (Å²) in [4.78, 5) is 17.1. The molecule has 1 aromatic heterocycles. The monoisotopic (exact) mass is 433 g/mol. The molecule has 1 amide bonds. The third kappa shape index (κ3) is 5.19. The second-order valence-corrected chi connectivity index (χ2v) is 8.52. The lowest BCUT2D eigenvalue weighted by atomic mass is 9.98. The van der Waals surface area contributed by atoms with E-state index in [9.17, 15) is 4.79 Å². The van der Waals surface area contributed by atoms with Gasteiger partial charge in [-0.3, -0.25) is 4.79 Å². The van der Waals surface area contributed by atoms with Gasteiger partial charge in [-0.2, -0.15) is 0 Å². The van der Waals surface area contributed by atoms with Gasteiger partial charge in [-0.15, -0.1) is 0 Å². The van der Waals surface area contributed by atoms with Crippen LogP contribution in [0.1, 0.15) is 30.9 Å². The van der Waals surface area contributed by atoms with E-state index in [0.29, 0.717) is 19.0 Å². The molecule has 4 rings (SSSR count). The summed E-state index contributed by atoms with van der Waals surface area (Å²) in [7, 11) is 1.55. The minimum absolute atomic E-state index is 0.0370. The van der Waals surface area contributed by atoms with Crippen LogP contribution in [-0.2, 0) is 22.6 Å². The number of benzene rings is 2. The third-order valence-electron chi connectivity index (χ3n) is 6.07. The first-order valence-corrected chi connectivity index (χ1v) is 11.2. The molecule has 6 nitrogen and oxygen atoms in total. The zero-order valence-electron chi connectivity index (χ0n) is 18.9. The summed E-state index contributed by atoms with van der Waals surface area (Å²) < 4.78 is 11.1. The highest BCUT2D eigenvalue weighted by Gasteiger charge is 2.28. The number of nitrogens with zero attached hydrogens (tertiary/aromatic N) is 3. The lowest BCUT2D eigenvalue weighted by Crippen LogP contribution is -2.35. The second kappa shape index (κ2) is 10.5. The van der Waals surface area contributed by atoms with Crippen molar-refractivity contribution in [3.8, 4) is 11.3 Å². The van der Waals surface area contributed by atoms with E-state index in [4.69, 9.17) is 9.26 Å². The summed E-state index contributed by atoms with van der Waals surface area (Å²) in [6.07, 6.45) is 2.24. The molecule has 2 aromatic carbocycles. The maximum absolute atomic E-state index is 13.0. The number of aromatic nitrogens is 1. The quantitative estimate of drug-likeness (QED) is 0.513. The number of carbonyl (C=O) groups is 1. The van der Waals surface area contributed by atoms with Crippen molar-refractivity contribution in [1.82, 2.24) is 10.1 Å². The summed E-state index contributed by atoms with van der Waals surface area (Å²) in [6.45, 7) is 5.10. The number of methoxy groups -OCH3 is 1. The van der Waals surface area contributed by atoms with Crippen LogP contribution in [0, 0.1) is 5.92 Å². The van der Waals surface area contributed by atoms with E-state index in [1.165, 1.54) is 0 Å². The summed E-state index contributed by atoms with van der Waals surface area (Å²) in [5.41, 5.74) is 3.80. The highest BCUT2D eigenvalue weighted by atomic mass is 16.5. The van der Waals surface area contributed by atoms with Crippen LogP contribution < -0.4 is 4.90 Å². The van der Waals surface area contributed by atoms with Gasteiger partial charge < -0.3 is 19.1 Å². The van der Waals surface area contributed by atoms with E-state index in [0.717, 1.165) is 54.2 Å². The van der Waals surface area contributed by atoms with Crippen LogP contribution in [0.5, 0.6) is 0 Å². The first-order valence-electron chi connectivity index (χ1n) is 11.2. The van der Waals surface area contributed by atoms with E-state index in [1.54, 1.807) is 7.11 Å². The Balaban J connectivity index is 1.69. The Bertz CT molecular complexity index is 996. The van der Waals surface area contributed by atoms with Crippen molar-refractivity contribution in [2.45, 2.75) is 32.9 Å². The zero-order valence-corrected chi connectivity index (χ0v) is 18.9. The molecular weight excluding hydrogens is 402 g/mol. The van der Waals surface area contributed by atoms with Gasteiger partial charge in [0.15, 0.2) is 0 Å². The predicted molar refractivity (Wildman–Crippen MR) is 125 cm³/mol. The lowest BCUT2D eigenvalue weighted by molar-refractivity contribution is -0.136. The standard InChI is InChI=1S/C26H31N3O3/c1-20-13-15-28(16-14-20)26-23(25(27-32-26)22-11-7-4-8-12-22)18-29(24(30)19-31-2)17-21-9-5-3-6-10-21/h3-12,20H,13-19H2,1-2H3. The SMILES string of the molecule is COCC(=O)N(Cc1ccccc1)Cc1c(-c2ccccc2)noc1N1CCC(C)CC1. The molecule has 0 radical (unpaired) electrons. The first kappa shape index (κ1) is 22.1. The maximum Gasteiger partial charge on any atom is 0.249 e. The topological polar surface area (TPSA) is 58.8 Å². The number of amides is 1. The lowest BCUT2D eigenvalue weighted by Gasteiger charge is -2.31. The van der Waals surface area contributed by atoms with Gasteiger partial charge in [0.1, 0.15) is 12.3 Å². The van der Waals surface area contributed by atoms with Crippen LogP contribution in [0.4, 0.5) is 5.88 Å². The van der Waals surface area contributed by atoms with Crippen LogP contribution in [0.15, 0.2) is 65.2 Å². The van der Waals surface area contributed by atoms with Gasteiger partial charge in [0.05, 0.1) is 12.1 Å². The number of rotatable bonds is 8. The molecule has 0 unspecified atom stereocenters. The molecular formula is C26H31N3O3. The molecule has 1 saturated heterocycles. The van der Waals surface area contributed by atoms with Crippen molar-refractivity contribution in [3.05, 3.63) is 71.8 Å². The van der Waals surface area contributed by atoms with Crippen molar-refractivity contribution in [3.63, 3.8) is 0 Å². The maximum atomic E-state index is 13.0. The minimum Gasteiger partial charge on any atom is -0.375 e. The van der Waals surface area contributed by atoms with E-state index in [2.05, 4.69) is 17.0 Å². The third-order valence-corrected chi connectivity index (χ3v) is 6.07. The molecule has 0 N–H and O–H groups in total. The van der Waals surface area contributed by atoms with Crippen molar-refractivity contribution in [1.29, 1.82) is 0 Å². The Hall–Kier alpha value is -3.12. The van der Waals surface area contributed by atoms with E-state index < -0.39 is 0 Å². The fraction of sp³-hybridized carbons (Fsp3) is 0.385. The van der Waals surface area contributed by atoms with E-state index >= 15 is 0 Å². The number of hydrogen-bond acceptors (Lipinski definition) is 5. The normalized spacial score (nSPS) is 14.5. The Labute approximate surface area is 189 Å². The summed E-state index contributed by atoms with van der Waals surface area (Å²) in [5, 5.41) is 4.46. The fourth-order valence-corrected chi connectivity index (χ4v) is 4.17. The largest absolute Gasteiger partial charge is 0.375 e. The molecule has 0 bridgehead atoms. The van der Waals surface area contributed by atoms with E-state index in [-0.39, 0.29) is 12.5 Å². The fourth-order valence-electron chi connectivity index (χ4n) is 4.17. The average molecular weight is 434 g/mol. The number of piperidine rings is 1. The van der Waals surface area contributed by atoms with Crippen molar-refractivity contribution >= 4 is 11.8 Å². The van der Waals surface area contributed by atoms with Crippen LogP contribution in [0.2, 0.25) is 0 Å². The van der Waals surface area contributed by atoms with Crippen molar-refractivity contribution in [2.75, 3.05) is 31.7 Å². The van der Waals surface area contributed by atoms with Crippen molar-refractivity contribution < 1.29 is 14.1 Å². The molecule has 2 heterocycles. The smallest absolute Gasteiger partial charge is 0.249 e. The zero-order chi connectivity index (χ0) is 22.3. The molecule has 3 aromatic rings. The van der Waals surface area contributed by atoms with Gasteiger partial charge in [-0.05, 0) is 24.3 Å². The molecule has 0 spiro atoms.